The molecule has 0 saturated carbocycles. The lowest BCUT2D eigenvalue weighted by atomic mass is 9.92. The number of carbonyl (C=O) groups excluding carboxylic acids is 2. The highest BCUT2D eigenvalue weighted by molar-refractivity contribution is 5.99. The number of aliphatic carboxylic acids is 1. The van der Waals surface area contributed by atoms with Crippen molar-refractivity contribution in [2.24, 2.45) is 0 Å². The van der Waals surface area contributed by atoms with Crippen LogP contribution in [-0.4, -0.2) is 66.3 Å². The lowest BCUT2D eigenvalue weighted by molar-refractivity contribution is -0.875. The third kappa shape index (κ3) is 18.1. The standard InChI is InChI=1S/C25H47NO5/c1-26(2,3)22-25(31,21-24(29)30)23(28)19-17-15-13-11-9-7-5-4-6-8-10-12-14-16-18-20-27/h17,19,27,31H,4-16,18,20-22H2,1-3H3/t25-/m1/s1. The Hall–Kier alpha value is -1.24. The molecule has 0 aliphatic carbocycles. The molecule has 0 aromatic heterocycles. The van der Waals surface area contributed by atoms with E-state index < -0.39 is 23.8 Å². The first-order valence-electron chi connectivity index (χ1n) is 12.2. The van der Waals surface area contributed by atoms with Crippen LogP contribution in [0.4, 0.5) is 0 Å². The summed E-state index contributed by atoms with van der Waals surface area (Å²) in [5.74, 6) is -1.98. The highest BCUT2D eigenvalue weighted by atomic mass is 16.4. The van der Waals surface area contributed by atoms with Gasteiger partial charge in [0.05, 0.1) is 21.1 Å². The SMILES string of the molecule is C[N+](C)(C)C[C@](O)(CC(=O)[O-])C(=O)C=CCCCCCCCCCCCCCCCO. The fraction of sp³-hybridized carbons (Fsp3) is 0.840. The summed E-state index contributed by atoms with van der Waals surface area (Å²) in [5, 5.41) is 30.3. The van der Waals surface area contributed by atoms with E-state index in [0.29, 0.717) is 6.61 Å². The molecular weight excluding hydrogens is 394 g/mol. The van der Waals surface area contributed by atoms with Crippen molar-refractivity contribution in [3.05, 3.63) is 12.2 Å². The number of allylic oxidation sites excluding steroid dienone is 1. The third-order valence-electron chi connectivity index (χ3n) is 5.43. The van der Waals surface area contributed by atoms with E-state index in [1.165, 1.54) is 63.9 Å². The Balaban J connectivity index is 3.83. The van der Waals surface area contributed by atoms with Gasteiger partial charge in [-0.3, -0.25) is 4.79 Å². The molecule has 0 aliphatic heterocycles. The second-order valence-electron chi connectivity index (χ2n) is 9.90. The highest BCUT2D eigenvalue weighted by Crippen LogP contribution is 2.17. The Labute approximate surface area is 189 Å². The Kier molecular flexibility index (Phi) is 16.6. The zero-order valence-corrected chi connectivity index (χ0v) is 20.2. The maximum atomic E-state index is 12.4. The minimum absolute atomic E-state index is 0.0217. The van der Waals surface area contributed by atoms with Crippen molar-refractivity contribution in [2.45, 2.75) is 102 Å². The predicted octanol–water partition coefficient (Wildman–Crippen LogP) is 3.14. The van der Waals surface area contributed by atoms with Crippen LogP contribution < -0.4 is 5.11 Å². The molecule has 0 aromatic rings. The topological polar surface area (TPSA) is 97.7 Å². The van der Waals surface area contributed by atoms with Crippen LogP contribution in [0.2, 0.25) is 0 Å². The van der Waals surface area contributed by atoms with Gasteiger partial charge in [-0.15, -0.1) is 0 Å². The Morgan fingerprint density at radius 1 is 0.806 bits per heavy atom. The maximum absolute atomic E-state index is 12.4. The molecule has 0 fully saturated rings. The van der Waals surface area contributed by atoms with Crippen LogP contribution in [0.3, 0.4) is 0 Å². The van der Waals surface area contributed by atoms with E-state index in [-0.39, 0.29) is 11.0 Å². The lowest BCUT2D eigenvalue weighted by Gasteiger charge is -2.34. The summed E-state index contributed by atoms with van der Waals surface area (Å²) in [7, 11) is 5.41. The van der Waals surface area contributed by atoms with Crippen molar-refractivity contribution in [2.75, 3.05) is 34.3 Å². The van der Waals surface area contributed by atoms with E-state index in [2.05, 4.69) is 0 Å². The summed E-state index contributed by atoms with van der Waals surface area (Å²) >= 11 is 0. The Morgan fingerprint density at radius 3 is 1.61 bits per heavy atom. The van der Waals surface area contributed by atoms with Gasteiger partial charge in [-0.25, -0.2) is 0 Å². The summed E-state index contributed by atoms with van der Waals surface area (Å²) in [5.41, 5.74) is -1.92. The molecular formula is C25H47NO5. The number of likely N-dealkylation sites (N-methyl/N-ethyl adjacent to an activating group) is 1. The smallest absolute Gasteiger partial charge is 0.193 e. The first-order valence-corrected chi connectivity index (χ1v) is 12.2. The van der Waals surface area contributed by atoms with Gasteiger partial charge in [0.2, 0.25) is 0 Å². The molecule has 0 unspecified atom stereocenters. The molecule has 182 valence electrons. The number of unbranched alkanes of at least 4 members (excludes halogenated alkanes) is 13. The first kappa shape index (κ1) is 29.8. The number of carboxylic acid groups (broad SMARTS) is 1. The van der Waals surface area contributed by atoms with Gasteiger partial charge in [0.25, 0.3) is 0 Å². The van der Waals surface area contributed by atoms with Crippen molar-refractivity contribution in [3.63, 3.8) is 0 Å². The molecule has 0 spiro atoms. The molecule has 0 saturated heterocycles. The van der Waals surface area contributed by atoms with Gasteiger partial charge in [-0.1, -0.05) is 76.7 Å². The minimum Gasteiger partial charge on any atom is -0.550 e. The summed E-state index contributed by atoms with van der Waals surface area (Å²) < 4.78 is 0.286. The van der Waals surface area contributed by atoms with Crippen molar-refractivity contribution in [3.8, 4) is 0 Å². The molecule has 0 radical (unpaired) electrons. The van der Waals surface area contributed by atoms with Gasteiger partial charge in [0, 0.05) is 19.0 Å². The van der Waals surface area contributed by atoms with E-state index in [9.17, 15) is 19.8 Å². The largest absolute Gasteiger partial charge is 0.550 e. The zero-order valence-electron chi connectivity index (χ0n) is 20.2. The van der Waals surface area contributed by atoms with Crippen LogP contribution in [-0.2, 0) is 9.59 Å². The number of aliphatic hydroxyl groups excluding tert-OH is 1. The molecule has 0 aliphatic rings. The number of hydrogen-bond donors (Lipinski definition) is 2. The number of carbonyl (C=O) groups is 2. The average Bonchev–Trinajstić information content (AvgIpc) is 2.65. The fourth-order valence-electron chi connectivity index (χ4n) is 3.91. The quantitative estimate of drug-likeness (QED) is 0.162. The van der Waals surface area contributed by atoms with Crippen molar-refractivity contribution >= 4 is 11.8 Å². The van der Waals surface area contributed by atoms with Gasteiger partial charge >= 0.3 is 0 Å². The molecule has 0 amide bonds. The summed E-state index contributed by atoms with van der Waals surface area (Å²) in [6.07, 6.45) is 18.8. The van der Waals surface area contributed by atoms with E-state index >= 15 is 0 Å². The van der Waals surface area contributed by atoms with E-state index in [0.717, 1.165) is 32.1 Å². The van der Waals surface area contributed by atoms with Gasteiger partial charge in [-0.05, 0) is 25.3 Å². The molecule has 31 heavy (non-hydrogen) atoms. The number of aliphatic hydroxyl groups is 2. The molecule has 0 bridgehead atoms. The second-order valence-corrected chi connectivity index (χ2v) is 9.90. The van der Waals surface area contributed by atoms with E-state index in [1.54, 1.807) is 27.2 Å². The van der Waals surface area contributed by atoms with Crippen LogP contribution in [0.1, 0.15) is 96.3 Å². The fourth-order valence-corrected chi connectivity index (χ4v) is 3.91. The van der Waals surface area contributed by atoms with Crippen LogP contribution in [0.5, 0.6) is 0 Å². The minimum atomic E-state index is -1.92. The van der Waals surface area contributed by atoms with Crippen LogP contribution in [0.15, 0.2) is 12.2 Å². The van der Waals surface area contributed by atoms with Crippen molar-refractivity contribution in [1.82, 2.24) is 0 Å². The summed E-state index contributed by atoms with van der Waals surface area (Å²) in [6.45, 7) is 0.340. The predicted molar refractivity (Wildman–Crippen MR) is 123 cm³/mol. The molecule has 2 N–H and O–H groups in total. The number of quaternary nitrogens is 1. The number of rotatable bonds is 21. The number of carboxylic acids is 1. The van der Waals surface area contributed by atoms with Crippen molar-refractivity contribution in [1.29, 1.82) is 0 Å². The number of hydrogen-bond acceptors (Lipinski definition) is 5. The van der Waals surface area contributed by atoms with Gasteiger partial charge in [-0.2, -0.15) is 0 Å². The van der Waals surface area contributed by atoms with Crippen LogP contribution in [0.25, 0.3) is 0 Å². The normalized spacial score (nSPS) is 14.1. The van der Waals surface area contributed by atoms with Crippen LogP contribution >= 0.6 is 0 Å². The van der Waals surface area contributed by atoms with Crippen LogP contribution in [0, 0.1) is 0 Å². The maximum Gasteiger partial charge on any atom is 0.193 e. The molecule has 6 heteroatoms. The van der Waals surface area contributed by atoms with E-state index in [4.69, 9.17) is 5.11 Å². The lowest BCUT2D eigenvalue weighted by Crippen LogP contribution is -2.55. The summed E-state index contributed by atoms with van der Waals surface area (Å²) in [6, 6.07) is 0. The monoisotopic (exact) mass is 441 g/mol. The highest BCUT2D eigenvalue weighted by Gasteiger charge is 2.39. The first-order chi connectivity index (χ1) is 14.6. The Bertz CT molecular complexity index is 513. The molecule has 1 atom stereocenters. The zero-order chi connectivity index (χ0) is 23.6. The molecule has 6 nitrogen and oxygen atoms in total. The number of nitrogens with zero attached hydrogens (tertiary/aromatic N) is 1. The Morgan fingerprint density at radius 2 is 1.23 bits per heavy atom. The van der Waals surface area contributed by atoms with Gasteiger partial charge in [0.15, 0.2) is 11.4 Å². The van der Waals surface area contributed by atoms with Crippen molar-refractivity contribution < 1.29 is 29.4 Å². The van der Waals surface area contributed by atoms with E-state index in [1.807, 2.05) is 0 Å². The van der Waals surface area contributed by atoms with Gasteiger partial charge < -0.3 is 24.6 Å². The molecule has 0 heterocycles. The van der Waals surface area contributed by atoms with Gasteiger partial charge in [0.1, 0.15) is 6.54 Å². The number of ketones is 1. The second kappa shape index (κ2) is 17.3. The average molecular weight is 442 g/mol. The summed E-state index contributed by atoms with van der Waals surface area (Å²) in [4.78, 5) is 23.3. The third-order valence-corrected chi connectivity index (χ3v) is 5.43. The molecule has 0 rings (SSSR count). The molecule has 0 aromatic carbocycles.